The monoisotopic (exact) mass is 1410 g/mol. The highest BCUT2D eigenvalue weighted by Gasteiger charge is 2.30. The second-order valence-electron chi connectivity index (χ2n) is 29.4. The fraction of sp³-hybridized carbons (Fsp3) is 0.948. The van der Waals surface area contributed by atoms with Crippen molar-refractivity contribution in [2.75, 3.05) is 39.6 Å². The van der Waals surface area contributed by atoms with Crippen molar-refractivity contribution in [3.8, 4) is 0 Å². The SMILES string of the molecule is CCC(C)CCCCCCCCCCCCC(=O)O[C@H](COC(=O)CCCCCCCCCCCCCC(C)C)COP(=O)(O)OCC(O)COP(=O)(O)OC[C@@H](COC(=O)CCCCCCCCC(C)C)OC(=O)CCCCCCCCCCCCCCCCCCC(C)C. The Morgan fingerprint density at radius 3 is 0.740 bits per heavy atom. The fourth-order valence-corrected chi connectivity index (χ4v) is 13.3. The lowest BCUT2D eigenvalue weighted by molar-refractivity contribution is -0.161. The van der Waals surface area contributed by atoms with Crippen molar-refractivity contribution in [3.05, 3.63) is 0 Å². The minimum absolute atomic E-state index is 0.106. The van der Waals surface area contributed by atoms with E-state index in [4.69, 9.17) is 37.0 Å². The molecule has 3 N–H and O–H groups in total. The third-order valence-electron chi connectivity index (χ3n) is 18.2. The Bertz CT molecular complexity index is 1890. The molecule has 0 aromatic rings. The van der Waals surface area contributed by atoms with Crippen LogP contribution in [0.3, 0.4) is 0 Å². The van der Waals surface area contributed by atoms with Gasteiger partial charge in [0.1, 0.15) is 19.3 Å². The van der Waals surface area contributed by atoms with Gasteiger partial charge < -0.3 is 33.8 Å². The summed E-state index contributed by atoms with van der Waals surface area (Å²) in [5, 5.41) is 10.6. The van der Waals surface area contributed by atoms with Crippen molar-refractivity contribution in [2.24, 2.45) is 23.7 Å². The van der Waals surface area contributed by atoms with Gasteiger partial charge in [-0.3, -0.25) is 37.3 Å². The summed E-state index contributed by atoms with van der Waals surface area (Å²) in [6.07, 6.45) is 51.4. The Kier molecular flexibility index (Phi) is 65.0. The van der Waals surface area contributed by atoms with Gasteiger partial charge in [-0.1, -0.05) is 338 Å². The van der Waals surface area contributed by atoms with Crippen LogP contribution < -0.4 is 0 Å². The normalized spacial score (nSPS) is 14.4. The predicted molar refractivity (Wildman–Crippen MR) is 391 cm³/mol. The second kappa shape index (κ2) is 66.3. The number of hydrogen-bond acceptors (Lipinski definition) is 15. The van der Waals surface area contributed by atoms with Gasteiger partial charge in [0.05, 0.1) is 26.4 Å². The fourth-order valence-electron chi connectivity index (χ4n) is 11.7. The number of carbonyl (C=O) groups is 4. The first-order valence-electron chi connectivity index (χ1n) is 39.7. The first kappa shape index (κ1) is 94.1. The Morgan fingerprint density at radius 2 is 0.500 bits per heavy atom. The third-order valence-corrected chi connectivity index (χ3v) is 20.1. The van der Waals surface area contributed by atoms with E-state index in [1.54, 1.807) is 0 Å². The molecule has 4 unspecified atom stereocenters. The molecule has 0 heterocycles. The van der Waals surface area contributed by atoms with Gasteiger partial charge in [0.15, 0.2) is 12.2 Å². The lowest BCUT2D eigenvalue weighted by Gasteiger charge is -2.21. The molecule has 0 aromatic heterocycles. The van der Waals surface area contributed by atoms with Crippen LogP contribution in [0.5, 0.6) is 0 Å². The lowest BCUT2D eigenvalue weighted by atomic mass is 9.99. The van der Waals surface area contributed by atoms with E-state index in [1.165, 1.54) is 186 Å². The van der Waals surface area contributed by atoms with E-state index in [-0.39, 0.29) is 25.7 Å². The van der Waals surface area contributed by atoms with Crippen LogP contribution in [0.25, 0.3) is 0 Å². The number of phosphoric ester groups is 2. The number of unbranched alkanes of at least 4 members (excludes halogenated alkanes) is 39. The molecule has 0 amide bonds. The molecular weight excluding hydrogens is 1260 g/mol. The van der Waals surface area contributed by atoms with Crippen LogP contribution in [0.2, 0.25) is 0 Å². The van der Waals surface area contributed by atoms with Gasteiger partial charge in [-0.05, 0) is 49.4 Å². The van der Waals surface area contributed by atoms with Crippen molar-refractivity contribution in [2.45, 2.75) is 408 Å². The molecule has 17 nitrogen and oxygen atoms in total. The molecule has 0 spiro atoms. The number of esters is 4. The van der Waals surface area contributed by atoms with Crippen LogP contribution in [-0.2, 0) is 65.4 Å². The van der Waals surface area contributed by atoms with E-state index in [2.05, 4.69) is 55.4 Å². The summed E-state index contributed by atoms with van der Waals surface area (Å²) in [6, 6.07) is 0. The van der Waals surface area contributed by atoms with E-state index in [1.807, 2.05) is 0 Å². The summed E-state index contributed by atoms with van der Waals surface area (Å²) in [5.41, 5.74) is 0. The maximum atomic E-state index is 13.1. The Labute approximate surface area is 588 Å². The van der Waals surface area contributed by atoms with E-state index in [0.717, 1.165) is 114 Å². The van der Waals surface area contributed by atoms with Crippen LogP contribution >= 0.6 is 15.6 Å². The van der Waals surface area contributed by atoms with Crippen molar-refractivity contribution >= 4 is 39.5 Å². The molecule has 0 rings (SSSR count). The topological polar surface area (TPSA) is 237 Å². The van der Waals surface area contributed by atoms with Crippen molar-refractivity contribution in [3.63, 3.8) is 0 Å². The minimum atomic E-state index is -4.96. The highest BCUT2D eigenvalue weighted by Crippen LogP contribution is 2.45. The van der Waals surface area contributed by atoms with Crippen LogP contribution in [0.15, 0.2) is 0 Å². The number of carbonyl (C=O) groups excluding carboxylic acids is 4. The van der Waals surface area contributed by atoms with Crippen molar-refractivity contribution in [1.82, 2.24) is 0 Å². The van der Waals surface area contributed by atoms with Crippen molar-refractivity contribution < 1.29 is 80.2 Å². The summed E-state index contributed by atoms with van der Waals surface area (Å²) >= 11 is 0. The van der Waals surface area contributed by atoms with Gasteiger partial charge in [-0.25, -0.2) is 9.13 Å². The van der Waals surface area contributed by atoms with Crippen LogP contribution in [0.4, 0.5) is 0 Å². The number of aliphatic hydroxyl groups excluding tert-OH is 1. The zero-order chi connectivity index (χ0) is 71.0. The lowest BCUT2D eigenvalue weighted by Crippen LogP contribution is -2.30. The first-order valence-corrected chi connectivity index (χ1v) is 42.7. The maximum absolute atomic E-state index is 13.1. The number of phosphoric acid groups is 2. The van der Waals surface area contributed by atoms with Gasteiger partial charge in [0.2, 0.25) is 0 Å². The molecule has 570 valence electrons. The van der Waals surface area contributed by atoms with Gasteiger partial charge in [-0.15, -0.1) is 0 Å². The summed E-state index contributed by atoms with van der Waals surface area (Å²) in [6.45, 7) is 14.2. The highest BCUT2D eigenvalue weighted by molar-refractivity contribution is 7.47. The first-order chi connectivity index (χ1) is 46.1. The molecule has 0 fully saturated rings. The van der Waals surface area contributed by atoms with E-state index >= 15 is 0 Å². The molecule has 0 saturated carbocycles. The highest BCUT2D eigenvalue weighted by atomic mass is 31.2. The van der Waals surface area contributed by atoms with E-state index < -0.39 is 97.5 Å². The molecule has 0 bridgehead atoms. The molecule has 19 heteroatoms. The zero-order valence-electron chi connectivity index (χ0n) is 63.0. The third kappa shape index (κ3) is 69.2. The summed E-state index contributed by atoms with van der Waals surface area (Å²) in [5.74, 6) is 0.941. The van der Waals surface area contributed by atoms with Crippen LogP contribution in [0.1, 0.15) is 389 Å². The summed E-state index contributed by atoms with van der Waals surface area (Å²) in [7, 11) is -9.91. The number of hydrogen-bond donors (Lipinski definition) is 3. The molecule has 0 aliphatic carbocycles. The molecule has 0 aromatic carbocycles. The van der Waals surface area contributed by atoms with Gasteiger partial charge in [0.25, 0.3) is 0 Å². The summed E-state index contributed by atoms with van der Waals surface area (Å²) < 4.78 is 68.5. The molecule has 0 aliphatic heterocycles. The molecular formula is C77H150O17P2. The van der Waals surface area contributed by atoms with Crippen LogP contribution in [0, 0.1) is 23.7 Å². The predicted octanol–water partition coefficient (Wildman–Crippen LogP) is 22.4. The number of ether oxygens (including phenoxy) is 4. The van der Waals surface area contributed by atoms with Gasteiger partial charge >= 0.3 is 39.5 Å². The molecule has 96 heavy (non-hydrogen) atoms. The standard InChI is InChI=1S/C77H150O17P2/c1-9-70(8)56-48-40-31-25-21-22-28-34-44-52-60-77(82)93-72(63-87-74(79)57-49-41-32-26-20-16-18-24-30-38-46-54-68(4)5)65-91-95(83,84)89-61-71(78)62-90-96(85,86)92-66-73(64-88-75(80)58-50-42-36-35-39-47-55-69(6)7)94-76(81)59-51-43-33-27-19-15-13-11-10-12-14-17-23-29-37-45-53-67(2)3/h67-73,78H,9-66H2,1-8H3,(H,83,84)(H,85,86)/t70?,71?,72-,73-/m1/s1. The number of aliphatic hydroxyl groups is 1. The molecule has 0 saturated heterocycles. The molecule has 0 radical (unpaired) electrons. The second-order valence-corrected chi connectivity index (χ2v) is 32.3. The maximum Gasteiger partial charge on any atom is 0.472 e. The van der Waals surface area contributed by atoms with Crippen molar-refractivity contribution in [1.29, 1.82) is 0 Å². The van der Waals surface area contributed by atoms with Crippen LogP contribution in [-0.4, -0.2) is 96.7 Å². The minimum Gasteiger partial charge on any atom is -0.462 e. The largest absolute Gasteiger partial charge is 0.472 e. The molecule has 6 atom stereocenters. The summed E-state index contributed by atoms with van der Waals surface area (Å²) in [4.78, 5) is 72.8. The Hall–Kier alpha value is -1.94. The average Bonchev–Trinajstić information content (AvgIpc) is 1.32. The molecule has 0 aliphatic rings. The van der Waals surface area contributed by atoms with E-state index in [9.17, 15) is 43.2 Å². The van der Waals surface area contributed by atoms with E-state index in [0.29, 0.717) is 31.6 Å². The quantitative estimate of drug-likeness (QED) is 0.0222. The van der Waals surface area contributed by atoms with Gasteiger partial charge in [0, 0.05) is 25.7 Å². The Morgan fingerprint density at radius 1 is 0.292 bits per heavy atom. The zero-order valence-corrected chi connectivity index (χ0v) is 64.8. The van der Waals surface area contributed by atoms with Gasteiger partial charge in [-0.2, -0.15) is 0 Å². The Balaban J connectivity index is 5.22. The average molecular weight is 1410 g/mol. The number of rotatable bonds is 74. The smallest absolute Gasteiger partial charge is 0.462 e.